The number of carbonyl (C=O) groups is 1. The number of halogens is 5. The van der Waals surface area contributed by atoms with Crippen LogP contribution >= 0.6 is 0 Å². The summed E-state index contributed by atoms with van der Waals surface area (Å²) in [6.45, 7) is -0.216. The van der Waals surface area contributed by atoms with E-state index in [1.54, 1.807) is 0 Å². The van der Waals surface area contributed by atoms with Crippen LogP contribution < -0.4 is 11.3 Å². The van der Waals surface area contributed by atoms with Gasteiger partial charge in [0.25, 0.3) is 5.91 Å². The Balaban J connectivity index is 2.15. The van der Waals surface area contributed by atoms with E-state index in [1.165, 1.54) is 6.07 Å². The fourth-order valence-electron chi connectivity index (χ4n) is 2.52. The van der Waals surface area contributed by atoms with Crippen molar-refractivity contribution < 1.29 is 26.7 Å². The van der Waals surface area contributed by atoms with Crippen molar-refractivity contribution in [3.05, 3.63) is 64.9 Å². The van der Waals surface area contributed by atoms with Gasteiger partial charge >= 0.3 is 6.18 Å². The number of benzene rings is 2. The van der Waals surface area contributed by atoms with Crippen molar-refractivity contribution in [2.45, 2.75) is 12.7 Å². The van der Waals surface area contributed by atoms with E-state index in [4.69, 9.17) is 5.84 Å². The number of aromatic nitrogens is 2. The molecule has 0 saturated carbocycles. The number of hydrogen-bond acceptors (Lipinski definition) is 3. The molecule has 3 N–H and O–H groups in total. The Morgan fingerprint density at radius 3 is 2.50 bits per heavy atom. The summed E-state index contributed by atoms with van der Waals surface area (Å²) in [5.74, 6) is 2.54. The largest absolute Gasteiger partial charge is 0.416 e. The van der Waals surface area contributed by atoms with E-state index in [2.05, 4.69) is 5.10 Å². The SMILES string of the molecule is NNC(=O)c1nn(Cc2ccc(F)cc2F)c2ccc(C(F)(F)F)cc12. The predicted molar refractivity (Wildman–Crippen MR) is 81.8 cm³/mol. The highest BCUT2D eigenvalue weighted by Gasteiger charge is 2.31. The molecule has 3 aromatic rings. The number of fused-ring (bicyclic) bond motifs is 1. The quantitative estimate of drug-likeness (QED) is 0.322. The molecule has 26 heavy (non-hydrogen) atoms. The van der Waals surface area contributed by atoms with E-state index in [0.29, 0.717) is 6.07 Å². The highest BCUT2D eigenvalue weighted by Crippen LogP contribution is 2.32. The molecule has 10 heteroatoms. The third-order valence-corrected chi connectivity index (χ3v) is 3.76. The summed E-state index contributed by atoms with van der Waals surface area (Å²) >= 11 is 0. The highest BCUT2D eigenvalue weighted by molar-refractivity contribution is 6.04. The van der Waals surface area contributed by atoms with Crippen LogP contribution in [0.5, 0.6) is 0 Å². The first-order valence-electron chi connectivity index (χ1n) is 7.23. The van der Waals surface area contributed by atoms with E-state index < -0.39 is 29.3 Å². The number of nitrogens with two attached hydrogens (primary N) is 1. The lowest BCUT2D eigenvalue weighted by Crippen LogP contribution is -2.30. The molecule has 0 aliphatic heterocycles. The standard InChI is InChI=1S/C16H11F5N4O/c17-10-3-1-8(12(18)6-10)7-25-13-4-2-9(16(19,20)21)5-11(13)14(24-25)15(26)23-22/h1-6H,7,22H2,(H,23,26). The average molecular weight is 370 g/mol. The molecule has 1 amide bonds. The molecule has 1 heterocycles. The minimum Gasteiger partial charge on any atom is -0.289 e. The van der Waals surface area contributed by atoms with Gasteiger partial charge in [-0.05, 0) is 24.3 Å². The van der Waals surface area contributed by atoms with Crippen LogP contribution in [-0.4, -0.2) is 15.7 Å². The number of nitrogen functional groups attached to an aromatic ring is 1. The molecule has 0 aliphatic rings. The van der Waals surface area contributed by atoms with Gasteiger partial charge in [-0.15, -0.1) is 0 Å². The molecule has 0 aliphatic carbocycles. The maximum Gasteiger partial charge on any atom is 0.416 e. The molecule has 136 valence electrons. The lowest BCUT2D eigenvalue weighted by molar-refractivity contribution is -0.137. The fourth-order valence-corrected chi connectivity index (χ4v) is 2.52. The van der Waals surface area contributed by atoms with Crippen molar-refractivity contribution in [2.24, 2.45) is 5.84 Å². The summed E-state index contributed by atoms with van der Waals surface area (Å²) in [7, 11) is 0. The second-order valence-electron chi connectivity index (χ2n) is 5.45. The molecular formula is C16H11F5N4O. The molecule has 0 spiro atoms. The van der Waals surface area contributed by atoms with Gasteiger partial charge in [-0.2, -0.15) is 18.3 Å². The van der Waals surface area contributed by atoms with E-state index in [0.717, 1.165) is 28.9 Å². The number of rotatable bonds is 3. The van der Waals surface area contributed by atoms with Crippen LogP contribution in [0.2, 0.25) is 0 Å². The lowest BCUT2D eigenvalue weighted by atomic mass is 10.1. The summed E-state index contributed by atoms with van der Waals surface area (Å²) in [6, 6.07) is 5.62. The minimum absolute atomic E-state index is 0.0513. The van der Waals surface area contributed by atoms with Gasteiger partial charge in [0.05, 0.1) is 17.6 Å². The summed E-state index contributed by atoms with van der Waals surface area (Å²) in [4.78, 5) is 11.8. The van der Waals surface area contributed by atoms with Gasteiger partial charge in [0, 0.05) is 17.0 Å². The number of amides is 1. The van der Waals surface area contributed by atoms with Crippen molar-refractivity contribution in [1.29, 1.82) is 0 Å². The normalized spacial score (nSPS) is 11.8. The number of nitrogens with one attached hydrogen (secondary N) is 1. The zero-order chi connectivity index (χ0) is 19.1. The van der Waals surface area contributed by atoms with Crippen LogP contribution in [0.4, 0.5) is 22.0 Å². The van der Waals surface area contributed by atoms with Gasteiger partial charge in [0.15, 0.2) is 5.69 Å². The van der Waals surface area contributed by atoms with E-state index in [9.17, 15) is 26.7 Å². The second kappa shape index (κ2) is 6.37. The molecule has 0 saturated heterocycles. The van der Waals surface area contributed by atoms with Gasteiger partial charge in [-0.3, -0.25) is 14.9 Å². The fraction of sp³-hybridized carbons (Fsp3) is 0.125. The maximum atomic E-state index is 13.9. The summed E-state index contributed by atoms with van der Waals surface area (Å²) in [5.41, 5.74) is 0.720. The Bertz CT molecular complexity index is 996. The summed E-state index contributed by atoms with van der Waals surface area (Å²) in [5, 5.41) is 3.85. The molecule has 2 aromatic carbocycles. The van der Waals surface area contributed by atoms with Crippen molar-refractivity contribution in [1.82, 2.24) is 15.2 Å². The highest BCUT2D eigenvalue weighted by atomic mass is 19.4. The Morgan fingerprint density at radius 1 is 1.15 bits per heavy atom. The zero-order valence-electron chi connectivity index (χ0n) is 12.9. The minimum atomic E-state index is -4.62. The van der Waals surface area contributed by atoms with E-state index in [-0.39, 0.29) is 28.7 Å². The zero-order valence-corrected chi connectivity index (χ0v) is 12.9. The van der Waals surface area contributed by atoms with Crippen molar-refractivity contribution in [3.8, 4) is 0 Å². The van der Waals surface area contributed by atoms with Crippen LogP contribution in [0.15, 0.2) is 36.4 Å². The molecule has 0 unspecified atom stereocenters. The Labute approximate surface area is 143 Å². The monoisotopic (exact) mass is 370 g/mol. The lowest BCUT2D eigenvalue weighted by Gasteiger charge is -2.08. The molecule has 0 fully saturated rings. The number of nitrogens with zero attached hydrogens (tertiary/aromatic N) is 2. The second-order valence-corrected chi connectivity index (χ2v) is 5.45. The Kier molecular flexibility index (Phi) is 4.36. The number of carbonyl (C=O) groups excluding carboxylic acids is 1. The number of hydrazine groups is 1. The van der Waals surface area contributed by atoms with Gasteiger partial charge < -0.3 is 0 Å². The smallest absolute Gasteiger partial charge is 0.289 e. The molecule has 1 aromatic heterocycles. The first kappa shape index (κ1) is 17.8. The molecule has 0 atom stereocenters. The molecular weight excluding hydrogens is 359 g/mol. The van der Waals surface area contributed by atoms with E-state index in [1.807, 2.05) is 5.43 Å². The van der Waals surface area contributed by atoms with Gasteiger partial charge in [0.2, 0.25) is 0 Å². The Morgan fingerprint density at radius 2 is 1.88 bits per heavy atom. The van der Waals surface area contributed by atoms with E-state index >= 15 is 0 Å². The van der Waals surface area contributed by atoms with Crippen LogP contribution in [-0.2, 0) is 12.7 Å². The first-order chi connectivity index (χ1) is 12.2. The van der Waals surface area contributed by atoms with Crippen molar-refractivity contribution in [2.75, 3.05) is 0 Å². The van der Waals surface area contributed by atoms with Crippen LogP contribution in [0.25, 0.3) is 10.9 Å². The molecule has 5 nitrogen and oxygen atoms in total. The van der Waals surface area contributed by atoms with Crippen LogP contribution in [0.3, 0.4) is 0 Å². The van der Waals surface area contributed by atoms with Gasteiger partial charge in [-0.1, -0.05) is 6.07 Å². The average Bonchev–Trinajstić information content (AvgIpc) is 2.94. The van der Waals surface area contributed by atoms with Crippen molar-refractivity contribution >= 4 is 16.8 Å². The number of hydrogen-bond donors (Lipinski definition) is 2. The molecule has 3 rings (SSSR count). The van der Waals surface area contributed by atoms with Gasteiger partial charge in [-0.25, -0.2) is 14.6 Å². The molecule has 0 radical (unpaired) electrons. The van der Waals surface area contributed by atoms with Crippen LogP contribution in [0.1, 0.15) is 21.6 Å². The third kappa shape index (κ3) is 3.23. The van der Waals surface area contributed by atoms with Gasteiger partial charge in [0.1, 0.15) is 11.6 Å². The molecule has 0 bridgehead atoms. The summed E-state index contributed by atoms with van der Waals surface area (Å²) in [6.07, 6.45) is -4.62. The Hall–Kier alpha value is -3.01. The topological polar surface area (TPSA) is 72.9 Å². The summed E-state index contributed by atoms with van der Waals surface area (Å²) < 4.78 is 66.8. The predicted octanol–water partition coefficient (Wildman–Crippen LogP) is 2.99. The first-order valence-corrected chi connectivity index (χ1v) is 7.23. The van der Waals surface area contributed by atoms with Crippen LogP contribution in [0, 0.1) is 11.6 Å². The third-order valence-electron chi connectivity index (χ3n) is 3.76. The maximum absolute atomic E-state index is 13.9. The van der Waals surface area contributed by atoms with Crippen molar-refractivity contribution in [3.63, 3.8) is 0 Å². The number of alkyl halides is 3.